The first-order valence-electron chi connectivity index (χ1n) is 6.87. The van der Waals surface area contributed by atoms with E-state index < -0.39 is 18.5 Å². The van der Waals surface area contributed by atoms with Crippen molar-refractivity contribution >= 4 is 46.5 Å². The molecular weight excluding hydrogens is 355 g/mol. The summed E-state index contributed by atoms with van der Waals surface area (Å²) in [6.45, 7) is 0.909. The Balaban J connectivity index is 1.96. The molecule has 2 aromatic rings. The molecule has 0 atom stereocenters. The Hall–Kier alpha value is -2.31. The van der Waals surface area contributed by atoms with Gasteiger partial charge in [-0.25, -0.2) is 4.79 Å². The average Bonchev–Trinajstić information content (AvgIpc) is 2.90. The van der Waals surface area contributed by atoms with E-state index in [1.165, 1.54) is 29.8 Å². The van der Waals surface area contributed by atoms with E-state index in [0.717, 1.165) is 0 Å². The van der Waals surface area contributed by atoms with Crippen LogP contribution in [0.2, 0.25) is 10.0 Å². The van der Waals surface area contributed by atoms with E-state index in [0.29, 0.717) is 16.3 Å². The highest BCUT2D eigenvalue weighted by molar-refractivity contribution is 6.36. The molecule has 0 spiro atoms. The number of benzene rings is 1. The minimum absolute atomic E-state index is 0.167. The third-order valence-electron chi connectivity index (χ3n) is 3.16. The van der Waals surface area contributed by atoms with Crippen molar-refractivity contribution in [3.05, 3.63) is 51.8 Å². The van der Waals surface area contributed by atoms with Crippen molar-refractivity contribution in [1.82, 2.24) is 4.57 Å². The minimum atomic E-state index is -0.706. The molecule has 0 bridgehead atoms. The lowest BCUT2D eigenvalue weighted by Crippen LogP contribution is -2.21. The molecule has 8 heteroatoms. The van der Waals surface area contributed by atoms with Gasteiger partial charge in [-0.05, 0) is 31.2 Å². The van der Waals surface area contributed by atoms with Crippen LogP contribution in [0.15, 0.2) is 30.5 Å². The van der Waals surface area contributed by atoms with E-state index in [4.69, 9.17) is 27.9 Å². The molecule has 1 aromatic carbocycles. The summed E-state index contributed by atoms with van der Waals surface area (Å²) in [7, 11) is 1.61. The highest BCUT2D eigenvalue weighted by Gasteiger charge is 2.16. The van der Waals surface area contributed by atoms with Gasteiger partial charge in [0, 0.05) is 23.8 Å². The van der Waals surface area contributed by atoms with Gasteiger partial charge in [-0.2, -0.15) is 0 Å². The van der Waals surface area contributed by atoms with E-state index in [9.17, 15) is 14.4 Å². The number of rotatable bonds is 5. The maximum Gasteiger partial charge on any atom is 0.355 e. The van der Waals surface area contributed by atoms with Gasteiger partial charge in [0.1, 0.15) is 5.69 Å². The molecule has 0 aliphatic heterocycles. The van der Waals surface area contributed by atoms with Gasteiger partial charge in [0.25, 0.3) is 5.91 Å². The number of aryl methyl sites for hydroxylation is 1. The van der Waals surface area contributed by atoms with Gasteiger partial charge in [0.05, 0.1) is 10.7 Å². The lowest BCUT2D eigenvalue weighted by atomic mass is 10.2. The van der Waals surface area contributed by atoms with Crippen molar-refractivity contribution in [3.8, 4) is 0 Å². The molecule has 1 aromatic heterocycles. The first-order chi connectivity index (χ1) is 11.3. The fourth-order valence-corrected chi connectivity index (χ4v) is 2.40. The molecule has 0 unspecified atom stereocenters. The van der Waals surface area contributed by atoms with Crippen LogP contribution in [0.3, 0.4) is 0 Å². The van der Waals surface area contributed by atoms with Crippen LogP contribution in [-0.2, 0) is 16.6 Å². The third kappa shape index (κ3) is 4.37. The van der Waals surface area contributed by atoms with Crippen LogP contribution in [0, 0.1) is 0 Å². The number of hydrogen-bond acceptors (Lipinski definition) is 4. The van der Waals surface area contributed by atoms with Crippen molar-refractivity contribution in [1.29, 1.82) is 0 Å². The first-order valence-corrected chi connectivity index (χ1v) is 7.63. The van der Waals surface area contributed by atoms with Gasteiger partial charge in [-0.3, -0.25) is 9.59 Å². The number of amides is 1. The summed E-state index contributed by atoms with van der Waals surface area (Å²) in [5, 5.41) is 3.23. The SMILES string of the molecule is CC(=O)c1cc(C(=O)OCC(=O)Nc2ccc(Cl)cc2Cl)n(C)c1. The second-order valence-corrected chi connectivity index (χ2v) is 5.87. The Morgan fingerprint density at radius 3 is 2.50 bits per heavy atom. The Kier molecular flexibility index (Phi) is 5.64. The number of ether oxygens (including phenoxy) is 1. The molecule has 0 saturated carbocycles. The minimum Gasteiger partial charge on any atom is -0.451 e. The maximum atomic E-state index is 12.0. The Labute approximate surface area is 148 Å². The molecule has 0 radical (unpaired) electrons. The smallest absolute Gasteiger partial charge is 0.355 e. The van der Waals surface area contributed by atoms with Crippen LogP contribution in [0.4, 0.5) is 5.69 Å². The van der Waals surface area contributed by atoms with Gasteiger partial charge in [0.2, 0.25) is 0 Å². The zero-order valence-electron chi connectivity index (χ0n) is 12.9. The number of halogens is 2. The molecular formula is C16H14Cl2N2O4. The molecule has 24 heavy (non-hydrogen) atoms. The number of hydrogen-bond donors (Lipinski definition) is 1. The summed E-state index contributed by atoms with van der Waals surface area (Å²) in [5.74, 6) is -1.42. The molecule has 2 rings (SSSR count). The number of nitrogens with one attached hydrogen (secondary N) is 1. The number of esters is 1. The summed E-state index contributed by atoms with van der Waals surface area (Å²) in [6, 6.07) is 6.01. The Morgan fingerprint density at radius 1 is 1.21 bits per heavy atom. The predicted octanol–water partition coefficient (Wildman–Crippen LogP) is 3.33. The van der Waals surface area contributed by atoms with Gasteiger partial charge in [-0.1, -0.05) is 23.2 Å². The van der Waals surface area contributed by atoms with Gasteiger partial charge in [-0.15, -0.1) is 0 Å². The highest BCUT2D eigenvalue weighted by Crippen LogP contribution is 2.25. The van der Waals surface area contributed by atoms with Gasteiger partial charge < -0.3 is 14.6 Å². The number of anilines is 1. The van der Waals surface area contributed by atoms with E-state index >= 15 is 0 Å². The topological polar surface area (TPSA) is 77.4 Å². The van der Waals surface area contributed by atoms with Crippen molar-refractivity contribution in [2.24, 2.45) is 7.05 Å². The monoisotopic (exact) mass is 368 g/mol. The number of carbonyl (C=O) groups excluding carboxylic acids is 3. The molecule has 126 valence electrons. The second-order valence-electron chi connectivity index (χ2n) is 5.03. The van der Waals surface area contributed by atoms with E-state index in [1.807, 2.05) is 0 Å². The zero-order chi connectivity index (χ0) is 17.9. The standard InChI is InChI=1S/C16H14Cl2N2O4/c1-9(21)10-5-14(20(2)7-10)16(23)24-8-15(22)19-13-4-3-11(17)6-12(13)18/h3-7H,8H2,1-2H3,(H,19,22). The van der Waals surface area contributed by atoms with Gasteiger partial charge >= 0.3 is 5.97 Å². The molecule has 0 aliphatic carbocycles. The molecule has 6 nitrogen and oxygen atoms in total. The number of Topliss-reactive ketones (excluding diaryl/α,β-unsaturated/α-hetero) is 1. The summed E-state index contributed by atoms with van der Waals surface area (Å²) >= 11 is 11.7. The molecule has 0 aliphatic rings. The molecule has 1 heterocycles. The number of ketones is 1. The second kappa shape index (κ2) is 7.51. The molecule has 0 fully saturated rings. The zero-order valence-corrected chi connectivity index (χ0v) is 14.4. The molecule has 1 amide bonds. The fraction of sp³-hybridized carbons (Fsp3) is 0.188. The summed E-state index contributed by atoms with van der Waals surface area (Å²) < 4.78 is 6.41. The van der Waals surface area contributed by atoms with Crippen molar-refractivity contribution in [2.45, 2.75) is 6.92 Å². The Bertz CT molecular complexity index is 814. The average molecular weight is 369 g/mol. The largest absolute Gasteiger partial charge is 0.451 e. The normalized spacial score (nSPS) is 10.3. The van der Waals surface area contributed by atoms with Crippen LogP contribution >= 0.6 is 23.2 Å². The number of aromatic nitrogens is 1. The maximum absolute atomic E-state index is 12.0. The van der Waals surface area contributed by atoms with Gasteiger partial charge in [0.15, 0.2) is 12.4 Å². The van der Waals surface area contributed by atoms with E-state index in [2.05, 4.69) is 5.32 Å². The fourth-order valence-electron chi connectivity index (χ4n) is 1.94. The molecule has 0 saturated heterocycles. The number of carbonyl (C=O) groups is 3. The first kappa shape index (κ1) is 18.0. The van der Waals surface area contributed by atoms with Crippen LogP contribution in [0.1, 0.15) is 27.8 Å². The summed E-state index contributed by atoms with van der Waals surface area (Å²) in [5.41, 5.74) is 0.930. The van der Waals surface area contributed by atoms with E-state index in [-0.39, 0.29) is 16.5 Å². The lowest BCUT2D eigenvalue weighted by Gasteiger charge is -2.08. The predicted molar refractivity (Wildman–Crippen MR) is 90.8 cm³/mol. The number of nitrogens with zero attached hydrogens (tertiary/aromatic N) is 1. The van der Waals surface area contributed by atoms with Crippen LogP contribution in [-0.4, -0.2) is 28.8 Å². The third-order valence-corrected chi connectivity index (χ3v) is 3.71. The van der Waals surface area contributed by atoms with Crippen molar-refractivity contribution < 1.29 is 19.1 Å². The quantitative estimate of drug-likeness (QED) is 0.648. The summed E-state index contributed by atoms with van der Waals surface area (Å²) in [6.07, 6.45) is 1.52. The summed E-state index contributed by atoms with van der Waals surface area (Å²) in [4.78, 5) is 35.1. The van der Waals surface area contributed by atoms with E-state index in [1.54, 1.807) is 19.2 Å². The van der Waals surface area contributed by atoms with Crippen LogP contribution in [0.25, 0.3) is 0 Å². The van der Waals surface area contributed by atoms with Crippen molar-refractivity contribution in [3.63, 3.8) is 0 Å². The Morgan fingerprint density at radius 2 is 1.92 bits per heavy atom. The van der Waals surface area contributed by atoms with Crippen molar-refractivity contribution in [2.75, 3.05) is 11.9 Å². The molecule has 1 N–H and O–H groups in total. The van der Waals surface area contributed by atoms with Crippen LogP contribution < -0.4 is 5.32 Å². The van der Waals surface area contributed by atoms with Crippen LogP contribution in [0.5, 0.6) is 0 Å². The lowest BCUT2D eigenvalue weighted by molar-refractivity contribution is -0.119. The highest BCUT2D eigenvalue weighted by atomic mass is 35.5.